The summed E-state index contributed by atoms with van der Waals surface area (Å²) in [4.78, 5) is 18.2. The quantitative estimate of drug-likeness (QED) is 0.197. The SMILES string of the molecule is CC(Sc1cccc(NC(=S)Nc2ccccc2)c1)C(=O)Nc1nc(-c2ccccc2)cs1. The fourth-order valence-electron chi connectivity index (χ4n) is 3.00. The van der Waals surface area contributed by atoms with Crippen molar-refractivity contribution in [1.29, 1.82) is 0 Å². The van der Waals surface area contributed by atoms with Crippen LogP contribution in [0, 0.1) is 0 Å². The minimum absolute atomic E-state index is 0.0893. The monoisotopic (exact) mass is 490 g/mol. The van der Waals surface area contributed by atoms with Crippen molar-refractivity contribution in [2.24, 2.45) is 0 Å². The van der Waals surface area contributed by atoms with Gasteiger partial charge in [-0.1, -0.05) is 54.6 Å². The first kappa shape index (κ1) is 23.0. The van der Waals surface area contributed by atoms with Crippen LogP contribution < -0.4 is 16.0 Å². The number of rotatable bonds is 7. The van der Waals surface area contributed by atoms with Crippen LogP contribution in [0.4, 0.5) is 16.5 Å². The van der Waals surface area contributed by atoms with Gasteiger partial charge in [0.05, 0.1) is 10.9 Å². The third kappa shape index (κ3) is 6.64. The molecule has 0 radical (unpaired) electrons. The molecule has 166 valence electrons. The number of aromatic nitrogens is 1. The average molecular weight is 491 g/mol. The molecular formula is C25H22N4OS3. The Morgan fingerprint density at radius 1 is 0.909 bits per heavy atom. The van der Waals surface area contributed by atoms with Gasteiger partial charge in [0.1, 0.15) is 0 Å². The molecule has 0 saturated heterocycles. The zero-order chi connectivity index (χ0) is 23.0. The Hall–Kier alpha value is -3.20. The highest BCUT2D eigenvalue weighted by molar-refractivity contribution is 8.00. The van der Waals surface area contributed by atoms with E-state index >= 15 is 0 Å². The fraction of sp³-hybridized carbons (Fsp3) is 0.0800. The zero-order valence-corrected chi connectivity index (χ0v) is 20.3. The number of hydrogen-bond donors (Lipinski definition) is 3. The number of carbonyl (C=O) groups is 1. The summed E-state index contributed by atoms with van der Waals surface area (Å²) in [6.07, 6.45) is 0. The lowest BCUT2D eigenvalue weighted by molar-refractivity contribution is -0.115. The zero-order valence-electron chi connectivity index (χ0n) is 17.8. The van der Waals surface area contributed by atoms with Crippen molar-refractivity contribution in [1.82, 2.24) is 4.98 Å². The molecule has 0 saturated carbocycles. The van der Waals surface area contributed by atoms with Crippen molar-refractivity contribution in [3.05, 3.63) is 90.3 Å². The lowest BCUT2D eigenvalue weighted by Gasteiger charge is -2.13. The Bertz CT molecular complexity index is 1230. The summed E-state index contributed by atoms with van der Waals surface area (Å²) in [5.74, 6) is -0.0893. The molecule has 3 N–H and O–H groups in total. The van der Waals surface area contributed by atoms with E-state index in [1.165, 1.54) is 23.1 Å². The number of thioether (sulfide) groups is 1. The van der Waals surface area contributed by atoms with Gasteiger partial charge in [0.15, 0.2) is 10.2 Å². The van der Waals surface area contributed by atoms with Crippen molar-refractivity contribution in [3.8, 4) is 11.3 Å². The first-order valence-corrected chi connectivity index (χ1v) is 12.5. The average Bonchev–Trinajstić information content (AvgIpc) is 3.29. The molecule has 3 aromatic carbocycles. The number of hydrogen-bond acceptors (Lipinski definition) is 5. The fourth-order valence-corrected chi connectivity index (χ4v) is 4.88. The Morgan fingerprint density at radius 2 is 1.58 bits per heavy atom. The summed E-state index contributed by atoms with van der Waals surface area (Å²) in [5.41, 5.74) is 3.66. The summed E-state index contributed by atoms with van der Waals surface area (Å²) in [6, 6.07) is 27.5. The highest BCUT2D eigenvalue weighted by Gasteiger charge is 2.17. The Kier molecular flexibility index (Phi) is 7.72. The molecule has 1 unspecified atom stereocenters. The summed E-state index contributed by atoms with van der Waals surface area (Å²) >= 11 is 8.31. The van der Waals surface area contributed by atoms with Crippen molar-refractivity contribution in [2.45, 2.75) is 17.1 Å². The van der Waals surface area contributed by atoms with E-state index < -0.39 is 0 Å². The Labute approximate surface area is 206 Å². The third-order valence-corrected chi connectivity index (χ3v) is 6.67. The predicted octanol–water partition coefficient (Wildman–Crippen LogP) is 6.74. The van der Waals surface area contributed by atoms with Gasteiger partial charge in [-0.25, -0.2) is 4.98 Å². The van der Waals surface area contributed by atoms with Crippen LogP contribution in [-0.4, -0.2) is 21.3 Å². The van der Waals surface area contributed by atoms with E-state index in [2.05, 4.69) is 20.9 Å². The normalized spacial score (nSPS) is 11.4. The Morgan fingerprint density at radius 3 is 2.33 bits per heavy atom. The topological polar surface area (TPSA) is 66.0 Å². The molecule has 1 amide bonds. The van der Waals surface area contributed by atoms with E-state index in [1.54, 1.807) is 0 Å². The van der Waals surface area contributed by atoms with E-state index in [1.807, 2.05) is 97.2 Å². The van der Waals surface area contributed by atoms with Gasteiger partial charge in [-0.15, -0.1) is 23.1 Å². The van der Waals surface area contributed by atoms with E-state index in [0.717, 1.165) is 27.5 Å². The second-order valence-corrected chi connectivity index (χ2v) is 9.81. The summed E-state index contributed by atoms with van der Waals surface area (Å²) < 4.78 is 0. The molecule has 33 heavy (non-hydrogen) atoms. The second-order valence-electron chi connectivity index (χ2n) is 7.13. The van der Waals surface area contributed by atoms with Gasteiger partial charge in [0.2, 0.25) is 5.91 Å². The van der Waals surface area contributed by atoms with Crippen molar-refractivity contribution >= 4 is 62.8 Å². The molecule has 0 fully saturated rings. The summed E-state index contributed by atoms with van der Waals surface area (Å²) in [5, 5.41) is 12.0. The van der Waals surface area contributed by atoms with Crippen LogP contribution in [0.15, 0.2) is 95.2 Å². The number of thiocarbonyl (C=S) groups is 1. The first-order valence-electron chi connectivity index (χ1n) is 10.3. The van der Waals surface area contributed by atoms with Crippen molar-refractivity contribution in [3.63, 3.8) is 0 Å². The number of para-hydroxylation sites is 1. The highest BCUT2D eigenvalue weighted by atomic mass is 32.2. The molecule has 0 aliphatic rings. The van der Waals surface area contributed by atoms with Crippen LogP contribution in [0.5, 0.6) is 0 Å². The molecule has 0 spiro atoms. The van der Waals surface area contributed by atoms with Crippen molar-refractivity contribution < 1.29 is 4.79 Å². The molecule has 1 aromatic heterocycles. The lowest BCUT2D eigenvalue weighted by atomic mass is 10.2. The van der Waals surface area contributed by atoms with E-state index in [4.69, 9.17) is 12.2 Å². The Balaban J connectivity index is 1.32. The van der Waals surface area contributed by atoms with E-state index in [0.29, 0.717) is 10.2 Å². The smallest absolute Gasteiger partial charge is 0.239 e. The highest BCUT2D eigenvalue weighted by Crippen LogP contribution is 2.28. The molecular weight excluding hydrogens is 469 g/mol. The number of thiazole rings is 1. The second kappa shape index (κ2) is 11.1. The maximum atomic E-state index is 12.7. The van der Waals surface area contributed by atoms with E-state index in [9.17, 15) is 4.79 Å². The maximum absolute atomic E-state index is 12.7. The standard InChI is InChI=1S/C25H22N4OS3/c1-17(23(30)29-25-28-22(16-32-25)18-9-4-2-5-10-18)33-21-14-8-13-20(15-21)27-24(31)26-19-11-6-3-7-12-19/h2-17H,1H3,(H2,26,27,31)(H,28,29,30). The van der Waals surface area contributed by atoms with Gasteiger partial charge in [0, 0.05) is 27.2 Å². The van der Waals surface area contributed by atoms with Crippen LogP contribution in [0.1, 0.15) is 6.92 Å². The van der Waals surface area contributed by atoms with Crippen molar-refractivity contribution in [2.75, 3.05) is 16.0 Å². The minimum Gasteiger partial charge on any atom is -0.332 e. The minimum atomic E-state index is -0.293. The lowest BCUT2D eigenvalue weighted by Crippen LogP contribution is -2.22. The van der Waals surface area contributed by atoms with Crippen LogP contribution in [0.2, 0.25) is 0 Å². The molecule has 1 atom stereocenters. The van der Waals surface area contributed by atoms with Crippen LogP contribution >= 0.6 is 35.3 Å². The first-order chi connectivity index (χ1) is 16.1. The number of anilines is 3. The van der Waals surface area contributed by atoms with Gasteiger partial charge in [-0.2, -0.15) is 0 Å². The van der Waals surface area contributed by atoms with Gasteiger partial charge in [0.25, 0.3) is 0 Å². The number of amides is 1. The van der Waals surface area contributed by atoms with Crippen LogP contribution in [-0.2, 0) is 4.79 Å². The number of carbonyl (C=O) groups excluding carboxylic acids is 1. The molecule has 0 aliphatic heterocycles. The maximum Gasteiger partial charge on any atom is 0.239 e. The molecule has 4 aromatic rings. The van der Waals surface area contributed by atoms with Crippen LogP contribution in [0.3, 0.4) is 0 Å². The van der Waals surface area contributed by atoms with Gasteiger partial charge >= 0.3 is 0 Å². The molecule has 0 aliphatic carbocycles. The van der Waals surface area contributed by atoms with Gasteiger partial charge in [-0.3, -0.25) is 4.79 Å². The van der Waals surface area contributed by atoms with Crippen LogP contribution in [0.25, 0.3) is 11.3 Å². The largest absolute Gasteiger partial charge is 0.332 e. The van der Waals surface area contributed by atoms with E-state index in [-0.39, 0.29) is 11.2 Å². The number of nitrogens with one attached hydrogen (secondary N) is 3. The molecule has 5 nitrogen and oxygen atoms in total. The molecule has 8 heteroatoms. The number of nitrogens with zero attached hydrogens (tertiary/aromatic N) is 1. The van der Waals surface area contributed by atoms with Gasteiger partial charge in [-0.05, 0) is 49.5 Å². The summed E-state index contributed by atoms with van der Waals surface area (Å²) in [6.45, 7) is 1.88. The summed E-state index contributed by atoms with van der Waals surface area (Å²) in [7, 11) is 0. The molecule has 1 heterocycles. The molecule has 4 rings (SSSR count). The molecule has 0 bridgehead atoms. The third-order valence-electron chi connectivity index (χ3n) is 4.61. The predicted molar refractivity (Wildman–Crippen MR) is 144 cm³/mol. The number of benzene rings is 3. The van der Waals surface area contributed by atoms with Gasteiger partial charge < -0.3 is 16.0 Å².